The Morgan fingerprint density at radius 2 is 1.62 bits per heavy atom. The van der Waals surface area contributed by atoms with Gasteiger partial charge in [-0.25, -0.2) is 0 Å². The first kappa shape index (κ1) is 16.0. The summed E-state index contributed by atoms with van der Waals surface area (Å²) < 4.78 is 5.20. The lowest BCUT2D eigenvalue weighted by Gasteiger charge is -2.06. The smallest absolute Gasteiger partial charge is 0.175 e. The van der Waals surface area contributed by atoms with Gasteiger partial charge in [0.2, 0.25) is 0 Å². The van der Waals surface area contributed by atoms with Crippen LogP contribution in [0.5, 0.6) is 0 Å². The van der Waals surface area contributed by atoms with Crippen LogP contribution in [-0.4, -0.2) is 0 Å². The summed E-state index contributed by atoms with van der Waals surface area (Å²) in [5.74, 6) is 0. The van der Waals surface area contributed by atoms with E-state index < -0.39 is 0 Å². The first-order valence-electron chi connectivity index (χ1n) is 8.85. The molecule has 3 heteroatoms. The molecule has 0 amide bonds. The van der Waals surface area contributed by atoms with Crippen LogP contribution in [0.15, 0.2) is 48.5 Å². The maximum atomic E-state index is 2.39. The highest BCUT2D eigenvalue weighted by molar-refractivity contribution is 7.33. The van der Waals surface area contributed by atoms with Gasteiger partial charge in [-0.1, -0.05) is 65.1 Å². The molecule has 0 N–H and O–H groups in total. The molecule has 2 aromatic heterocycles. The summed E-state index contributed by atoms with van der Waals surface area (Å²) in [5, 5.41) is 5.42. The number of rotatable bonds is 1. The number of benzene rings is 3. The molecule has 0 radical (unpaired) electrons. The highest BCUT2D eigenvalue weighted by Crippen LogP contribution is 2.42. The van der Waals surface area contributed by atoms with Gasteiger partial charge in [-0.3, -0.25) is 0 Å². The summed E-state index contributed by atoms with van der Waals surface area (Å²) in [4.78, 5) is 1.37. The predicted octanol–water partition coefficient (Wildman–Crippen LogP) is 6.69. The summed E-state index contributed by atoms with van der Waals surface area (Å²) in [6.45, 7) is 6.64. The van der Waals surface area contributed by atoms with Crippen molar-refractivity contribution in [2.75, 3.05) is 0 Å². The Hall–Kier alpha value is -2.23. The quantitative estimate of drug-likeness (QED) is 0.288. The molecule has 1 nitrogen and oxygen atoms in total. The van der Waals surface area contributed by atoms with E-state index in [1.165, 1.54) is 57.7 Å². The number of thiophene rings is 1. The number of nitrogens with zero attached hydrogens (tertiary/aromatic N) is 1. The lowest BCUT2D eigenvalue weighted by molar-refractivity contribution is -0.627. The summed E-state index contributed by atoms with van der Waals surface area (Å²) in [5.41, 5.74) is 5.45. The number of hydrogen-bond acceptors (Lipinski definition) is 2. The Labute approximate surface area is 161 Å². The Morgan fingerprint density at radius 1 is 0.808 bits per heavy atom. The Balaban J connectivity index is 1.85. The molecule has 128 valence electrons. The van der Waals surface area contributed by atoms with Crippen LogP contribution in [0.4, 0.5) is 0 Å². The zero-order valence-electron chi connectivity index (χ0n) is 15.4. The van der Waals surface area contributed by atoms with Gasteiger partial charge in [0.25, 0.3) is 9.84 Å². The topological polar surface area (TPSA) is 3.88 Å². The Morgan fingerprint density at radius 3 is 2.46 bits per heavy atom. The molecule has 5 aromatic rings. The van der Waals surface area contributed by atoms with Crippen LogP contribution >= 0.6 is 22.7 Å². The molecule has 0 bridgehead atoms. The van der Waals surface area contributed by atoms with E-state index in [0.717, 1.165) is 0 Å². The molecule has 0 unspecified atom stereocenters. The van der Waals surface area contributed by atoms with Crippen LogP contribution in [0.1, 0.15) is 16.7 Å². The lowest BCUT2D eigenvalue weighted by Crippen LogP contribution is -2.27. The minimum Gasteiger partial charge on any atom is -0.175 e. The molecule has 0 spiro atoms. The fourth-order valence-electron chi connectivity index (χ4n) is 3.86. The third-order valence-corrected chi connectivity index (χ3v) is 8.12. The largest absolute Gasteiger partial charge is 0.281 e. The van der Waals surface area contributed by atoms with Crippen molar-refractivity contribution in [1.29, 1.82) is 0 Å². The van der Waals surface area contributed by atoms with Gasteiger partial charge in [-0.2, -0.15) is 4.57 Å². The van der Waals surface area contributed by atoms with Crippen LogP contribution in [0, 0.1) is 20.8 Å². The molecular weight excluding hydrogens is 354 g/mol. The van der Waals surface area contributed by atoms with Crippen LogP contribution < -0.4 is 4.57 Å². The van der Waals surface area contributed by atoms with Crippen molar-refractivity contribution >= 4 is 53.1 Å². The molecule has 0 atom stereocenters. The third-order valence-electron chi connectivity index (χ3n) is 5.37. The molecule has 0 aliphatic heterocycles. The third kappa shape index (κ3) is 2.17. The zero-order chi connectivity index (χ0) is 18.0. The zero-order valence-corrected chi connectivity index (χ0v) is 17.0. The summed E-state index contributed by atoms with van der Waals surface area (Å²) >= 11 is 3.85. The summed E-state index contributed by atoms with van der Waals surface area (Å²) in [6, 6.07) is 17.9. The molecule has 26 heavy (non-hydrogen) atoms. The van der Waals surface area contributed by atoms with Gasteiger partial charge in [0.1, 0.15) is 11.7 Å². The summed E-state index contributed by atoms with van der Waals surface area (Å²) in [7, 11) is 2.21. The van der Waals surface area contributed by atoms with Gasteiger partial charge in [0.05, 0.1) is 10.3 Å². The second-order valence-electron chi connectivity index (χ2n) is 7.12. The van der Waals surface area contributed by atoms with Crippen LogP contribution in [0.25, 0.3) is 41.0 Å². The van der Waals surface area contributed by atoms with Gasteiger partial charge in [0.15, 0.2) is 0 Å². The maximum Gasteiger partial charge on any atom is 0.281 e. The highest BCUT2D eigenvalue weighted by Gasteiger charge is 2.25. The number of fused-ring (bicyclic) bond motifs is 5. The van der Waals surface area contributed by atoms with Crippen molar-refractivity contribution in [3.8, 4) is 10.6 Å². The van der Waals surface area contributed by atoms with Gasteiger partial charge in [0, 0.05) is 5.39 Å². The van der Waals surface area contributed by atoms with E-state index in [-0.39, 0.29) is 0 Å². The molecule has 3 aromatic carbocycles. The predicted molar refractivity (Wildman–Crippen MR) is 116 cm³/mol. The molecule has 0 aliphatic rings. The van der Waals surface area contributed by atoms with Gasteiger partial charge >= 0.3 is 0 Å². The standard InChI is InChI=1S/C23H20NS2/c1-13-11-14(2)15(3)19(12-13)22-24(4)23-21(26-22)18-10-9-16-7-5-6-8-17(16)20(18)25-23/h5-12H,1-4H3/q+1. The molecule has 0 saturated carbocycles. The average molecular weight is 375 g/mol. The molecular formula is C23H20NS2+. The Kier molecular flexibility index (Phi) is 3.46. The average Bonchev–Trinajstić information content (AvgIpc) is 3.15. The van der Waals surface area contributed by atoms with Crippen molar-refractivity contribution in [3.05, 3.63) is 65.2 Å². The van der Waals surface area contributed by atoms with E-state index in [1.807, 2.05) is 22.7 Å². The molecule has 2 heterocycles. The molecule has 0 fully saturated rings. The first-order chi connectivity index (χ1) is 12.5. The molecule has 0 saturated heterocycles. The number of hydrogen-bond donors (Lipinski definition) is 0. The number of thiazole rings is 1. The normalized spacial score (nSPS) is 11.8. The van der Waals surface area contributed by atoms with E-state index in [0.29, 0.717) is 0 Å². The molecule has 5 rings (SSSR count). The minimum absolute atomic E-state index is 1.32. The van der Waals surface area contributed by atoms with Crippen molar-refractivity contribution in [3.63, 3.8) is 0 Å². The monoisotopic (exact) mass is 374 g/mol. The fourth-order valence-corrected chi connectivity index (χ4v) is 6.68. The maximum absolute atomic E-state index is 2.39. The number of aryl methyl sites for hydroxylation is 3. The van der Waals surface area contributed by atoms with E-state index in [1.54, 1.807) is 0 Å². The van der Waals surface area contributed by atoms with E-state index >= 15 is 0 Å². The second-order valence-corrected chi connectivity index (χ2v) is 9.12. The van der Waals surface area contributed by atoms with Gasteiger partial charge in [-0.05, 0) is 54.3 Å². The van der Waals surface area contributed by atoms with Crippen LogP contribution in [0.2, 0.25) is 0 Å². The number of aromatic nitrogens is 1. The van der Waals surface area contributed by atoms with E-state index in [2.05, 4.69) is 80.9 Å². The van der Waals surface area contributed by atoms with Gasteiger partial charge in [-0.15, -0.1) is 0 Å². The highest BCUT2D eigenvalue weighted by atomic mass is 32.1. The molecule has 0 aliphatic carbocycles. The SMILES string of the molecule is Cc1cc(C)c(C)c(-c2sc3c4ccc5ccccc5c4sc3[n+]2C)c1. The van der Waals surface area contributed by atoms with E-state index in [4.69, 9.17) is 0 Å². The van der Waals surface area contributed by atoms with Crippen molar-refractivity contribution in [2.24, 2.45) is 7.05 Å². The Bertz CT molecular complexity index is 1320. The van der Waals surface area contributed by atoms with Crippen LogP contribution in [0.3, 0.4) is 0 Å². The fraction of sp³-hybridized carbons (Fsp3) is 0.174. The van der Waals surface area contributed by atoms with E-state index in [9.17, 15) is 0 Å². The van der Waals surface area contributed by atoms with Gasteiger partial charge < -0.3 is 0 Å². The van der Waals surface area contributed by atoms with Crippen molar-refractivity contribution < 1.29 is 4.57 Å². The first-order valence-corrected chi connectivity index (χ1v) is 10.5. The lowest BCUT2D eigenvalue weighted by atomic mass is 10.0. The minimum atomic E-state index is 1.32. The van der Waals surface area contributed by atoms with Crippen LogP contribution in [-0.2, 0) is 7.05 Å². The van der Waals surface area contributed by atoms with Crippen molar-refractivity contribution in [2.45, 2.75) is 20.8 Å². The summed E-state index contributed by atoms with van der Waals surface area (Å²) in [6.07, 6.45) is 0. The second kappa shape index (κ2) is 5.63. The van der Waals surface area contributed by atoms with Crippen molar-refractivity contribution in [1.82, 2.24) is 0 Å².